The van der Waals surface area contributed by atoms with Crippen LogP contribution in [-0.4, -0.2) is 14.8 Å². The van der Waals surface area contributed by atoms with Crippen LogP contribution in [0.1, 0.15) is 31.4 Å². The Bertz CT molecular complexity index is 512. The van der Waals surface area contributed by atoms with E-state index in [-0.39, 0.29) is 5.56 Å². The number of rotatable bonds is 1. The van der Waals surface area contributed by atoms with Crippen LogP contribution in [0.5, 0.6) is 0 Å². The zero-order valence-corrected chi connectivity index (χ0v) is 9.43. The molecule has 15 heavy (non-hydrogen) atoms. The van der Waals surface area contributed by atoms with Crippen molar-refractivity contribution < 1.29 is 0 Å². The van der Waals surface area contributed by atoms with Crippen molar-refractivity contribution in [3.8, 4) is 0 Å². The summed E-state index contributed by atoms with van der Waals surface area (Å²) in [6, 6.07) is 0. The standard InChI is InChI=1S/C10H13N3OS/c1-13-9(14)8(11-12-10(13)15)7-5-3-2-4-6-7/h5H,2-4,6H2,1H3,(H,12,15). The van der Waals surface area contributed by atoms with Gasteiger partial charge in [0.15, 0.2) is 10.5 Å². The smallest absolute Gasteiger partial charge is 0.280 e. The molecule has 0 atom stereocenters. The third-order valence-corrected chi connectivity index (χ3v) is 3.04. The highest BCUT2D eigenvalue weighted by molar-refractivity contribution is 7.71. The summed E-state index contributed by atoms with van der Waals surface area (Å²) >= 11 is 4.93. The van der Waals surface area contributed by atoms with E-state index in [1.165, 1.54) is 11.0 Å². The molecule has 1 heterocycles. The van der Waals surface area contributed by atoms with E-state index in [9.17, 15) is 4.79 Å². The predicted molar refractivity (Wildman–Crippen MR) is 61.1 cm³/mol. The van der Waals surface area contributed by atoms with Crippen LogP contribution in [0.2, 0.25) is 0 Å². The van der Waals surface area contributed by atoms with Gasteiger partial charge in [-0.2, -0.15) is 5.10 Å². The fourth-order valence-corrected chi connectivity index (χ4v) is 1.87. The van der Waals surface area contributed by atoms with Gasteiger partial charge in [0.2, 0.25) is 0 Å². The van der Waals surface area contributed by atoms with E-state index in [0.29, 0.717) is 10.5 Å². The van der Waals surface area contributed by atoms with Crippen molar-refractivity contribution in [3.05, 3.63) is 26.9 Å². The molecule has 1 N–H and O–H groups in total. The van der Waals surface area contributed by atoms with E-state index >= 15 is 0 Å². The Kier molecular flexibility index (Phi) is 2.81. The second-order valence-electron chi connectivity index (χ2n) is 3.72. The van der Waals surface area contributed by atoms with Gasteiger partial charge in [0.1, 0.15) is 0 Å². The monoisotopic (exact) mass is 223 g/mol. The molecule has 0 aromatic carbocycles. The van der Waals surface area contributed by atoms with Gasteiger partial charge in [-0.25, -0.2) is 0 Å². The van der Waals surface area contributed by atoms with E-state index in [0.717, 1.165) is 24.8 Å². The zero-order valence-electron chi connectivity index (χ0n) is 8.62. The molecule has 80 valence electrons. The molecule has 0 saturated carbocycles. The van der Waals surface area contributed by atoms with Gasteiger partial charge < -0.3 is 0 Å². The number of H-pyrrole nitrogens is 1. The summed E-state index contributed by atoms with van der Waals surface area (Å²) in [4.78, 5) is 11.9. The molecule has 0 spiro atoms. The molecular weight excluding hydrogens is 210 g/mol. The number of aromatic amines is 1. The first kappa shape index (κ1) is 10.3. The first-order valence-electron chi connectivity index (χ1n) is 5.05. The Morgan fingerprint density at radius 3 is 3.00 bits per heavy atom. The van der Waals surface area contributed by atoms with E-state index in [1.54, 1.807) is 7.05 Å². The van der Waals surface area contributed by atoms with Crippen LogP contribution in [0.4, 0.5) is 0 Å². The van der Waals surface area contributed by atoms with Gasteiger partial charge in [0.05, 0.1) is 0 Å². The molecule has 1 aliphatic carbocycles. The van der Waals surface area contributed by atoms with E-state index in [4.69, 9.17) is 12.2 Å². The Labute approximate surface area is 92.6 Å². The maximum Gasteiger partial charge on any atom is 0.280 e. The summed E-state index contributed by atoms with van der Waals surface area (Å²) in [5, 5.41) is 6.72. The quantitative estimate of drug-likeness (QED) is 0.738. The first-order chi connectivity index (χ1) is 7.20. The van der Waals surface area contributed by atoms with Crippen LogP contribution in [0, 0.1) is 4.77 Å². The molecule has 0 radical (unpaired) electrons. The first-order valence-corrected chi connectivity index (χ1v) is 5.46. The lowest BCUT2D eigenvalue weighted by Gasteiger charge is -2.11. The highest BCUT2D eigenvalue weighted by Gasteiger charge is 2.12. The van der Waals surface area contributed by atoms with Gasteiger partial charge in [0, 0.05) is 7.05 Å². The molecule has 0 unspecified atom stereocenters. The fourth-order valence-electron chi connectivity index (χ4n) is 1.74. The van der Waals surface area contributed by atoms with Crippen molar-refractivity contribution in [2.24, 2.45) is 7.05 Å². The normalized spacial score (nSPS) is 16.2. The maximum absolute atomic E-state index is 11.9. The molecule has 0 saturated heterocycles. The lowest BCUT2D eigenvalue weighted by atomic mass is 9.97. The van der Waals surface area contributed by atoms with E-state index < -0.39 is 0 Å². The number of aromatic nitrogens is 3. The molecular formula is C10H13N3OS. The largest absolute Gasteiger partial charge is 0.286 e. The third kappa shape index (κ3) is 1.92. The number of hydrogen-bond donors (Lipinski definition) is 1. The van der Waals surface area contributed by atoms with Crippen LogP contribution in [0.3, 0.4) is 0 Å². The van der Waals surface area contributed by atoms with Gasteiger partial charge in [-0.3, -0.25) is 14.5 Å². The Morgan fingerprint density at radius 2 is 2.33 bits per heavy atom. The second-order valence-corrected chi connectivity index (χ2v) is 4.10. The summed E-state index contributed by atoms with van der Waals surface area (Å²) in [5.41, 5.74) is 1.46. The highest BCUT2D eigenvalue weighted by atomic mass is 32.1. The van der Waals surface area contributed by atoms with Crippen LogP contribution in [0.25, 0.3) is 5.57 Å². The predicted octanol–water partition coefficient (Wildman–Crippen LogP) is 1.80. The van der Waals surface area contributed by atoms with E-state index in [1.807, 2.05) is 0 Å². The molecule has 4 nitrogen and oxygen atoms in total. The average Bonchev–Trinajstić information content (AvgIpc) is 2.27. The molecule has 1 aliphatic rings. The molecule has 5 heteroatoms. The summed E-state index contributed by atoms with van der Waals surface area (Å²) in [5.74, 6) is 0. The van der Waals surface area contributed by atoms with Crippen molar-refractivity contribution in [1.29, 1.82) is 0 Å². The molecule has 1 aromatic rings. The molecule has 1 aromatic heterocycles. The van der Waals surface area contributed by atoms with Gasteiger partial charge >= 0.3 is 0 Å². The van der Waals surface area contributed by atoms with Gasteiger partial charge in [0.25, 0.3) is 5.56 Å². The summed E-state index contributed by atoms with van der Waals surface area (Å²) in [6.07, 6.45) is 6.41. The van der Waals surface area contributed by atoms with Gasteiger partial charge in [-0.15, -0.1) is 0 Å². The van der Waals surface area contributed by atoms with Gasteiger partial charge in [-0.05, 0) is 43.5 Å². The lowest BCUT2D eigenvalue weighted by molar-refractivity contribution is 0.714. The van der Waals surface area contributed by atoms with Crippen molar-refractivity contribution in [2.45, 2.75) is 25.7 Å². The maximum atomic E-state index is 11.9. The number of allylic oxidation sites excluding steroid dienone is 2. The van der Waals surface area contributed by atoms with E-state index in [2.05, 4.69) is 16.3 Å². The zero-order chi connectivity index (χ0) is 10.8. The molecule has 0 aliphatic heterocycles. The third-order valence-electron chi connectivity index (χ3n) is 2.67. The number of hydrogen-bond acceptors (Lipinski definition) is 3. The summed E-state index contributed by atoms with van der Waals surface area (Å²) < 4.78 is 1.78. The molecule has 0 bridgehead atoms. The molecule has 0 amide bonds. The van der Waals surface area contributed by atoms with Crippen LogP contribution < -0.4 is 5.56 Å². The highest BCUT2D eigenvalue weighted by Crippen LogP contribution is 2.22. The summed E-state index contributed by atoms with van der Waals surface area (Å²) in [7, 11) is 1.66. The Hall–Kier alpha value is -1.23. The topological polar surface area (TPSA) is 50.7 Å². The molecule has 0 fully saturated rings. The van der Waals surface area contributed by atoms with Crippen LogP contribution in [-0.2, 0) is 7.05 Å². The van der Waals surface area contributed by atoms with Crippen LogP contribution >= 0.6 is 12.2 Å². The minimum atomic E-state index is -0.105. The lowest BCUT2D eigenvalue weighted by Crippen LogP contribution is -2.24. The van der Waals surface area contributed by atoms with Crippen LogP contribution in [0.15, 0.2) is 10.9 Å². The minimum Gasteiger partial charge on any atom is -0.286 e. The Balaban J connectivity index is 2.54. The average molecular weight is 223 g/mol. The minimum absolute atomic E-state index is 0.105. The number of nitrogens with zero attached hydrogens (tertiary/aromatic N) is 2. The second kappa shape index (κ2) is 4.10. The molecule has 2 rings (SSSR count). The number of nitrogens with one attached hydrogen (secondary N) is 1. The summed E-state index contributed by atoms with van der Waals surface area (Å²) in [6.45, 7) is 0. The SMILES string of the molecule is Cn1c(=S)[nH]nc(C2=CCCCC2)c1=O. The van der Waals surface area contributed by atoms with Crippen molar-refractivity contribution >= 4 is 17.8 Å². The van der Waals surface area contributed by atoms with Crippen molar-refractivity contribution in [1.82, 2.24) is 14.8 Å². The van der Waals surface area contributed by atoms with Crippen molar-refractivity contribution in [3.63, 3.8) is 0 Å². The fraction of sp³-hybridized carbons (Fsp3) is 0.500. The Morgan fingerprint density at radius 1 is 1.53 bits per heavy atom. The van der Waals surface area contributed by atoms with Gasteiger partial charge in [-0.1, -0.05) is 6.08 Å². The van der Waals surface area contributed by atoms with Crippen molar-refractivity contribution in [2.75, 3.05) is 0 Å².